The Labute approximate surface area is 216 Å². The Kier molecular flexibility index (Phi) is 5.84. The molecule has 3 aromatic rings. The van der Waals surface area contributed by atoms with Crippen LogP contribution in [-0.4, -0.2) is 15.7 Å². The molecule has 1 aromatic heterocycles. The Morgan fingerprint density at radius 3 is 2.68 bits per heavy atom. The van der Waals surface area contributed by atoms with E-state index >= 15 is 0 Å². The zero-order valence-corrected chi connectivity index (χ0v) is 21.7. The number of carbonyl (C=O) groups is 1. The van der Waals surface area contributed by atoms with E-state index in [4.69, 9.17) is 23.2 Å². The van der Waals surface area contributed by atoms with Crippen LogP contribution in [0.1, 0.15) is 41.2 Å². The van der Waals surface area contributed by atoms with Gasteiger partial charge in [0.25, 0.3) is 0 Å². The van der Waals surface area contributed by atoms with Gasteiger partial charge in [-0.15, -0.1) is 11.8 Å². The summed E-state index contributed by atoms with van der Waals surface area (Å²) in [7, 11) is 0. The number of hydrogen-bond donors (Lipinski definition) is 1. The van der Waals surface area contributed by atoms with Gasteiger partial charge in [-0.05, 0) is 67.7 Å². The van der Waals surface area contributed by atoms with E-state index in [9.17, 15) is 9.59 Å². The number of nitrogens with one attached hydrogen (secondary N) is 1. The van der Waals surface area contributed by atoms with E-state index in [-0.39, 0.29) is 23.2 Å². The van der Waals surface area contributed by atoms with Crippen molar-refractivity contribution in [1.29, 1.82) is 0 Å². The summed E-state index contributed by atoms with van der Waals surface area (Å²) < 4.78 is 1.67. The van der Waals surface area contributed by atoms with Crippen LogP contribution in [0.5, 0.6) is 0 Å². The smallest absolute Gasteiger partial charge is 0.308 e. The lowest BCUT2D eigenvalue weighted by atomic mass is 9.75. The van der Waals surface area contributed by atoms with Gasteiger partial charge in [-0.25, -0.2) is 0 Å². The molecule has 0 saturated heterocycles. The molecule has 2 aromatic carbocycles. The van der Waals surface area contributed by atoms with Gasteiger partial charge in [0.1, 0.15) is 6.54 Å². The summed E-state index contributed by atoms with van der Waals surface area (Å²) in [5, 5.41) is 5.43. The van der Waals surface area contributed by atoms with E-state index in [0.717, 1.165) is 26.7 Å². The zero-order chi connectivity index (χ0) is 23.6. The molecule has 8 heteroatoms. The topological polar surface area (TPSA) is 51.1 Å². The first kappa shape index (κ1) is 22.7. The molecule has 34 heavy (non-hydrogen) atoms. The van der Waals surface area contributed by atoms with Crippen LogP contribution in [0, 0.1) is 24.7 Å². The van der Waals surface area contributed by atoms with Crippen molar-refractivity contribution in [2.24, 2.45) is 17.8 Å². The van der Waals surface area contributed by atoms with Gasteiger partial charge in [-0.2, -0.15) is 0 Å². The highest BCUT2D eigenvalue weighted by atomic mass is 35.5. The Morgan fingerprint density at radius 1 is 1.12 bits per heavy atom. The number of anilines is 1. The molecule has 1 aliphatic heterocycles. The number of hydrogen-bond acceptors (Lipinski definition) is 4. The SMILES string of the molecule is Cc1ccc(NC(=O)Cn2c3c(sc2=O)C(c2cccc(Cl)c2Cl)C2C4CCC(C4)C2S3)cc1. The maximum atomic E-state index is 13.2. The second-order valence-electron chi connectivity index (χ2n) is 9.65. The lowest BCUT2D eigenvalue weighted by Gasteiger charge is -2.40. The molecule has 4 nitrogen and oxygen atoms in total. The molecule has 6 rings (SSSR count). The monoisotopic (exact) mass is 530 g/mol. The van der Waals surface area contributed by atoms with E-state index in [1.54, 1.807) is 4.57 Å². The second kappa shape index (κ2) is 8.74. The Balaban J connectivity index is 1.39. The molecule has 1 amide bonds. The van der Waals surface area contributed by atoms with Crippen molar-refractivity contribution >= 4 is 57.9 Å². The molecule has 3 aliphatic rings. The predicted octanol–water partition coefficient (Wildman–Crippen LogP) is 6.82. The molecule has 176 valence electrons. The minimum atomic E-state index is -0.195. The highest BCUT2D eigenvalue weighted by Crippen LogP contribution is 2.64. The first-order chi connectivity index (χ1) is 16.4. The van der Waals surface area contributed by atoms with Crippen molar-refractivity contribution in [2.75, 3.05) is 5.32 Å². The summed E-state index contributed by atoms with van der Waals surface area (Å²) in [5.74, 6) is 1.59. The van der Waals surface area contributed by atoms with E-state index in [0.29, 0.717) is 33.0 Å². The van der Waals surface area contributed by atoms with Gasteiger partial charge < -0.3 is 5.32 Å². The van der Waals surface area contributed by atoms with Crippen molar-refractivity contribution < 1.29 is 4.79 Å². The fourth-order valence-corrected chi connectivity index (χ4v) is 9.74. The number of amides is 1. The van der Waals surface area contributed by atoms with E-state index in [1.807, 2.05) is 55.1 Å². The third-order valence-corrected chi connectivity index (χ3v) is 11.3. The number of carbonyl (C=O) groups excluding carboxylic acids is 1. The van der Waals surface area contributed by atoms with Crippen LogP contribution in [0.4, 0.5) is 5.69 Å². The average molecular weight is 532 g/mol. The van der Waals surface area contributed by atoms with Gasteiger partial charge in [-0.3, -0.25) is 14.2 Å². The summed E-state index contributed by atoms with van der Waals surface area (Å²) in [6.45, 7) is 2.01. The number of thioether (sulfide) groups is 1. The molecule has 2 heterocycles. The van der Waals surface area contributed by atoms with Gasteiger partial charge in [0.05, 0.1) is 15.1 Å². The second-order valence-corrected chi connectivity index (χ2v) is 12.6. The molecule has 2 bridgehead atoms. The number of thiazole rings is 1. The number of rotatable bonds is 4. The van der Waals surface area contributed by atoms with Crippen molar-refractivity contribution in [3.63, 3.8) is 0 Å². The minimum Gasteiger partial charge on any atom is -0.325 e. The maximum absolute atomic E-state index is 13.2. The number of aryl methyl sites for hydroxylation is 1. The summed E-state index contributed by atoms with van der Waals surface area (Å²) >= 11 is 16.2. The van der Waals surface area contributed by atoms with E-state index in [1.165, 1.54) is 30.6 Å². The van der Waals surface area contributed by atoms with Crippen LogP contribution < -0.4 is 10.2 Å². The Bertz CT molecular complexity index is 1330. The average Bonchev–Trinajstić information content (AvgIpc) is 3.51. The van der Waals surface area contributed by atoms with Crippen LogP contribution in [0.3, 0.4) is 0 Å². The standard InChI is InChI=1S/C26H24Cl2N2O2S2/c1-13-5-9-16(10-6-13)29-19(31)12-30-25-24(34-26(30)32)21(17-3-2-4-18(27)22(17)28)20-14-7-8-15(11-14)23(20)33-25/h2-6,9-10,14-15,20-21,23H,7-8,11-12H2,1H3,(H,29,31). The van der Waals surface area contributed by atoms with Gasteiger partial charge in [0.15, 0.2) is 0 Å². The number of fused-ring (bicyclic) bond motifs is 6. The summed E-state index contributed by atoms with van der Waals surface area (Å²) in [6.07, 6.45) is 3.72. The normalized spacial score (nSPS) is 26.9. The summed E-state index contributed by atoms with van der Waals surface area (Å²) in [5.41, 5.74) is 2.87. The molecule has 2 aliphatic carbocycles. The zero-order valence-electron chi connectivity index (χ0n) is 18.6. The Hall–Kier alpha value is -1.73. The number of nitrogens with zero attached hydrogens (tertiary/aromatic N) is 1. The molecule has 5 unspecified atom stereocenters. The first-order valence-corrected chi connectivity index (χ1v) is 14.1. The van der Waals surface area contributed by atoms with Crippen molar-refractivity contribution in [2.45, 2.75) is 48.9 Å². The number of benzene rings is 2. The third-order valence-electron chi connectivity index (χ3n) is 7.64. The van der Waals surface area contributed by atoms with Crippen LogP contribution in [-0.2, 0) is 11.3 Å². The fourth-order valence-electron chi connectivity index (χ4n) is 6.18. The molecule has 5 atom stereocenters. The van der Waals surface area contributed by atoms with Crippen molar-refractivity contribution in [3.8, 4) is 0 Å². The van der Waals surface area contributed by atoms with Gasteiger partial charge >= 0.3 is 4.87 Å². The van der Waals surface area contributed by atoms with Crippen LogP contribution in [0.15, 0.2) is 52.3 Å². The highest BCUT2D eigenvalue weighted by Gasteiger charge is 2.55. The van der Waals surface area contributed by atoms with Gasteiger partial charge in [0.2, 0.25) is 5.91 Å². The minimum absolute atomic E-state index is 0.00697. The highest BCUT2D eigenvalue weighted by molar-refractivity contribution is 8.00. The molecule has 0 spiro atoms. The van der Waals surface area contributed by atoms with Crippen molar-refractivity contribution in [3.05, 3.63) is 78.2 Å². The van der Waals surface area contributed by atoms with Crippen LogP contribution >= 0.6 is 46.3 Å². The van der Waals surface area contributed by atoms with Gasteiger partial charge in [-0.1, -0.05) is 64.4 Å². The lowest BCUT2D eigenvalue weighted by Crippen LogP contribution is -2.35. The van der Waals surface area contributed by atoms with Gasteiger partial charge in [0, 0.05) is 21.7 Å². The fraction of sp³-hybridized carbons (Fsp3) is 0.385. The predicted molar refractivity (Wildman–Crippen MR) is 141 cm³/mol. The van der Waals surface area contributed by atoms with E-state index in [2.05, 4.69) is 11.4 Å². The first-order valence-electron chi connectivity index (χ1n) is 11.6. The molecule has 2 fully saturated rings. The molecule has 2 saturated carbocycles. The van der Waals surface area contributed by atoms with Crippen molar-refractivity contribution in [1.82, 2.24) is 4.57 Å². The van der Waals surface area contributed by atoms with Crippen LogP contribution in [0.25, 0.3) is 0 Å². The molecular weight excluding hydrogens is 507 g/mol. The lowest BCUT2D eigenvalue weighted by molar-refractivity contribution is -0.116. The number of aromatic nitrogens is 1. The Morgan fingerprint density at radius 2 is 1.88 bits per heavy atom. The third kappa shape index (κ3) is 3.74. The molecule has 1 N–H and O–H groups in total. The largest absolute Gasteiger partial charge is 0.325 e. The molecule has 0 radical (unpaired) electrons. The molecular formula is C26H24Cl2N2O2S2. The van der Waals surface area contributed by atoms with E-state index < -0.39 is 0 Å². The summed E-state index contributed by atoms with van der Waals surface area (Å²) in [6, 6.07) is 13.5. The maximum Gasteiger partial charge on any atom is 0.308 e. The summed E-state index contributed by atoms with van der Waals surface area (Å²) in [4.78, 5) is 27.0. The quantitative estimate of drug-likeness (QED) is 0.402. The van der Waals surface area contributed by atoms with Crippen LogP contribution in [0.2, 0.25) is 10.0 Å². The number of halogens is 2.